The molecule has 2 aliphatic carbocycles. The average molecular weight is 225 g/mol. The van der Waals surface area contributed by atoms with Crippen LogP contribution in [0.5, 0.6) is 0 Å². The van der Waals surface area contributed by atoms with Crippen LogP contribution in [0.2, 0.25) is 0 Å². The lowest BCUT2D eigenvalue weighted by molar-refractivity contribution is -0.117. The molecule has 1 N–H and O–H groups in total. The first-order chi connectivity index (χ1) is 7.74. The van der Waals surface area contributed by atoms with Crippen LogP contribution >= 0.6 is 0 Å². The van der Waals surface area contributed by atoms with Crippen LogP contribution < -0.4 is 5.32 Å². The topological polar surface area (TPSA) is 21.3 Å². The second kappa shape index (κ2) is 5.50. The third-order valence-corrected chi connectivity index (χ3v) is 4.27. The highest BCUT2D eigenvalue weighted by Gasteiger charge is 2.37. The molecule has 2 nitrogen and oxygen atoms in total. The Kier molecular flexibility index (Phi) is 4.26. The minimum atomic E-state index is 0.154. The van der Waals surface area contributed by atoms with Gasteiger partial charge in [0.05, 0.1) is 11.7 Å². The molecule has 2 unspecified atom stereocenters. The van der Waals surface area contributed by atoms with Gasteiger partial charge in [0.2, 0.25) is 0 Å². The van der Waals surface area contributed by atoms with Crippen molar-refractivity contribution in [1.82, 2.24) is 5.32 Å². The lowest BCUT2D eigenvalue weighted by Gasteiger charge is -2.41. The molecule has 94 valence electrons. The smallest absolute Gasteiger partial charge is 0.0812 e. The second-order valence-corrected chi connectivity index (χ2v) is 5.94. The molecule has 2 saturated carbocycles. The lowest BCUT2D eigenvalue weighted by Crippen LogP contribution is -2.47. The van der Waals surface area contributed by atoms with Crippen molar-refractivity contribution in [1.29, 1.82) is 0 Å². The Morgan fingerprint density at radius 3 is 2.56 bits per heavy atom. The van der Waals surface area contributed by atoms with Crippen LogP contribution in [0.15, 0.2) is 0 Å². The van der Waals surface area contributed by atoms with Gasteiger partial charge in [-0.05, 0) is 38.6 Å². The maximum atomic E-state index is 6.49. The number of hydrogen-bond acceptors (Lipinski definition) is 2. The van der Waals surface area contributed by atoms with Crippen LogP contribution in [-0.2, 0) is 4.74 Å². The zero-order valence-corrected chi connectivity index (χ0v) is 10.9. The number of ether oxygens (including phenoxy) is 1. The zero-order chi connectivity index (χ0) is 11.4. The SMILES string of the molecule is CNCC1(OC2CCCC2)CCCC(C)C1. The summed E-state index contributed by atoms with van der Waals surface area (Å²) in [5, 5.41) is 3.35. The van der Waals surface area contributed by atoms with Crippen molar-refractivity contribution in [2.45, 2.75) is 70.0 Å². The fourth-order valence-electron chi connectivity index (χ4n) is 3.60. The van der Waals surface area contributed by atoms with Gasteiger partial charge in [-0.25, -0.2) is 0 Å². The molecule has 2 rings (SSSR count). The Hall–Kier alpha value is -0.0800. The van der Waals surface area contributed by atoms with Crippen molar-refractivity contribution in [3.05, 3.63) is 0 Å². The Morgan fingerprint density at radius 2 is 1.94 bits per heavy atom. The van der Waals surface area contributed by atoms with Gasteiger partial charge in [0, 0.05) is 6.54 Å². The predicted octanol–water partition coefficient (Wildman–Crippen LogP) is 3.11. The van der Waals surface area contributed by atoms with Gasteiger partial charge in [0.25, 0.3) is 0 Å². The van der Waals surface area contributed by atoms with E-state index in [0.717, 1.165) is 12.5 Å². The van der Waals surface area contributed by atoms with E-state index < -0.39 is 0 Å². The molecule has 0 heterocycles. The first-order valence-corrected chi connectivity index (χ1v) is 7.06. The van der Waals surface area contributed by atoms with E-state index in [1.165, 1.54) is 51.4 Å². The molecule has 0 bridgehead atoms. The maximum absolute atomic E-state index is 6.49. The van der Waals surface area contributed by atoms with Gasteiger partial charge in [0.15, 0.2) is 0 Å². The predicted molar refractivity (Wildman–Crippen MR) is 67.6 cm³/mol. The summed E-state index contributed by atoms with van der Waals surface area (Å²) in [6.07, 6.45) is 11.1. The molecular weight excluding hydrogens is 198 g/mol. The molecule has 0 aromatic carbocycles. The van der Waals surface area contributed by atoms with Crippen LogP contribution in [0.4, 0.5) is 0 Å². The van der Waals surface area contributed by atoms with E-state index >= 15 is 0 Å². The summed E-state index contributed by atoms with van der Waals surface area (Å²) < 4.78 is 6.49. The summed E-state index contributed by atoms with van der Waals surface area (Å²) in [7, 11) is 2.05. The molecule has 2 fully saturated rings. The van der Waals surface area contributed by atoms with Crippen molar-refractivity contribution in [2.75, 3.05) is 13.6 Å². The van der Waals surface area contributed by atoms with E-state index in [0.29, 0.717) is 6.10 Å². The highest BCUT2D eigenvalue weighted by molar-refractivity contribution is 4.90. The summed E-state index contributed by atoms with van der Waals surface area (Å²) in [6, 6.07) is 0. The molecule has 0 radical (unpaired) electrons. The summed E-state index contributed by atoms with van der Waals surface area (Å²) in [5.41, 5.74) is 0.154. The molecular formula is C14H27NO. The zero-order valence-electron chi connectivity index (χ0n) is 10.9. The molecule has 16 heavy (non-hydrogen) atoms. The number of nitrogens with one attached hydrogen (secondary N) is 1. The summed E-state index contributed by atoms with van der Waals surface area (Å²) in [6.45, 7) is 3.41. The fraction of sp³-hybridized carbons (Fsp3) is 1.00. The molecule has 0 aliphatic heterocycles. The Labute approximate surface area is 100 Å². The van der Waals surface area contributed by atoms with Crippen LogP contribution in [0.25, 0.3) is 0 Å². The van der Waals surface area contributed by atoms with Crippen molar-refractivity contribution in [3.63, 3.8) is 0 Å². The Bertz CT molecular complexity index is 209. The molecule has 2 heteroatoms. The van der Waals surface area contributed by atoms with Gasteiger partial charge in [-0.15, -0.1) is 0 Å². The average Bonchev–Trinajstić information content (AvgIpc) is 2.70. The Morgan fingerprint density at radius 1 is 1.19 bits per heavy atom. The van der Waals surface area contributed by atoms with Crippen LogP contribution in [0, 0.1) is 5.92 Å². The monoisotopic (exact) mass is 225 g/mol. The van der Waals surface area contributed by atoms with Crippen molar-refractivity contribution in [2.24, 2.45) is 5.92 Å². The molecule has 0 aromatic rings. The van der Waals surface area contributed by atoms with E-state index in [1.54, 1.807) is 0 Å². The Balaban J connectivity index is 1.95. The summed E-state index contributed by atoms with van der Waals surface area (Å²) in [4.78, 5) is 0. The van der Waals surface area contributed by atoms with Crippen LogP contribution in [-0.4, -0.2) is 25.3 Å². The van der Waals surface area contributed by atoms with E-state index in [1.807, 2.05) is 0 Å². The maximum Gasteiger partial charge on any atom is 0.0812 e. The van der Waals surface area contributed by atoms with E-state index in [2.05, 4.69) is 19.3 Å². The van der Waals surface area contributed by atoms with Gasteiger partial charge in [-0.1, -0.05) is 32.6 Å². The lowest BCUT2D eigenvalue weighted by atomic mass is 9.78. The highest BCUT2D eigenvalue weighted by Crippen LogP contribution is 2.38. The second-order valence-electron chi connectivity index (χ2n) is 5.94. The normalized spacial score (nSPS) is 36.8. The number of likely N-dealkylation sites (N-methyl/N-ethyl adjacent to an activating group) is 1. The molecule has 0 aromatic heterocycles. The van der Waals surface area contributed by atoms with Gasteiger partial charge >= 0.3 is 0 Å². The molecule has 0 amide bonds. The first kappa shape index (κ1) is 12.4. The summed E-state index contributed by atoms with van der Waals surface area (Å²) >= 11 is 0. The first-order valence-electron chi connectivity index (χ1n) is 7.06. The third-order valence-electron chi connectivity index (χ3n) is 4.27. The minimum Gasteiger partial charge on any atom is -0.370 e. The highest BCUT2D eigenvalue weighted by atomic mass is 16.5. The minimum absolute atomic E-state index is 0.154. The van der Waals surface area contributed by atoms with Gasteiger partial charge in [-0.2, -0.15) is 0 Å². The van der Waals surface area contributed by atoms with Crippen LogP contribution in [0.1, 0.15) is 58.3 Å². The summed E-state index contributed by atoms with van der Waals surface area (Å²) in [5.74, 6) is 0.837. The van der Waals surface area contributed by atoms with Crippen molar-refractivity contribution >= 4 is 0 Å². The van der Waals surface area contributed by atoms with Crippen molar-refractivity contribution < 1.29 is 4.74 Å². The number of hydrogen-bond donors (Lipinski definition) is 1. The van der Waals surface area contributed by atoms with Gasteiger partial charge < -0.3 is 10.1 Å². The molecule has 0 saturated heterocycles. The largest absolute Gasteiger partial charge is 0.370 e. The quantitative estimate of drug-likeness (QED) is 0.794. The van der Waals surface area contributed by atoms with E-state index in [4.69, 9.17) is 4.74 Å². The van der Waals surface area contributed by atoms with Gasteiger partial charge in [0.1, 0.15) is 0 Å². The molecule has 2 aliphatic rings. The van der Waals surface area contributed by atoms with E-state index in [9.17, 15) is 0 Å². The third kappa shape index (κ3) is 2.98. The van der Waals surface area contributed by atoms with Gasteiger partial charge in [-0.3, -0.25) is 0 Å². The fourth-order valence-corrected chi connectivity index (χ4v) is 3.60. The van der Waals surface area contributed by atoms with Crippen LogP contribution in [0.3, 0.4) is 0 Å². The van der Waals surface area contributed by atoms with Crippen molar-refractivity contribution in [3.8, 4) is 0 Å². The van der Waals surface area contributed by atoms with E-state index in [-0.39, 0.29) is 5.60 Å². The molecule has 2 atom stereocenters. The number of rotatable bonds is 4. The molecule has 0 spiro atoms. The standard InChI is InChI=1S/C14H27NO/c1-12-6-5-9-14(10-12,11-15-2)16-13-7-3-4-8-13/h12-13,15H,3-11H2,1-2H3.